The standard InChI is InChI=1S/C19H17Cl2N3O4/c1-11(25)22-10-13-4-3-12(5-18(13)24(26)27)17-9-19(2,28-23-17)14-6-15(20)8-16(21)7-14/h3-8H,9-10H2,1-2H3,(H,22,25). The van der Waals surface area contributed by atoms with Gasteiger partial charge in [-0.3, -0.25) is 14.9 Å². The van der Waals surface area contributed by atoms with Crippen LogP contribution in [-0.2, 0) is 21.8 Å². The van der Waals surface area contributed by atoms with Crippen molar-refractivity contribution in [1.82, 2.24) is 5.32 Å². The number of hydrogen-bond donors (Lipinski definition) is 1. The van der Waals surface area contributed by atoms with Crippen molar-refractivity contribution in [3.8, 4) is 0 Å². The molecule has 0 spiro atoms. The molecule has 0 bridgehead atoms. The van der Waals surface area contributed by atoms with Crippen LogP contribution in [-0.4, -0.2) is 16.5 Å². The summed E-state index contributed by atoms with van der Waals surface area (Å²) in [7, 11) is 0. The highest BCUT2D eigenvalue weighted by Crippen LogP contribution is 2.38. The highest BCUT2D eigenvalue weighted by Gasteiger charge is 2.37. The first kappa shape index (κ1) is 20.1. The Labute approximate surface area is 171 Å². The second-order valence-electron chi connectivity index (χ2n) is 6.71. The van der Waals surface area contributed by atoms with Crippen molar-refractivity contribution >= 4 is 40.5 Å². The number of nitro groups is 1. The molecule has 9 heteroatoms. The number of carbonyl (C=O) groups is 1. The third-order valence-electron chi connectivity index (χ3n) is 4.48. The van der Waals surface area contributed by atoms with Crippen LogP contribution >= 0.6 is 23.2 Å². The lowest BCUT2D eigenvalue weighted by Gasteiger charge is -2.22. The normalized spacial score (nSPS) is 18.4. The quantitative estimate of drug-likeness (QED) is 0.564. The number of oxime groups is 1. The second-order valence-corrected chi connectivity index (χ2v) is 7.58. The molecule has 3 rings (SSSR count). The molecule has 1 aliphatic rings. The zero-order valence-electron chi connectivity index (χ0n) is 15.2. The van der Waals surface area contributed by atoms with E-state index in [1.807, 2.05) is 6.92 Å². The Bertz CT molecular complexity index is 973. The second kappa shape index (κ2) is 7.77. The van der Waals surface area contributed by atoms with Gasteiger partial charge in [0.05, 0.1) is 10.6 Å². The Balaban J connectivity index is 1.87. The van der Waals surface area contributed by atoms with Gasteiger partial charge in [-0.15, -0.1) is 0 Å². The summed E-state index contributed by atoms with van der Waals surface area (Å²) in [6.45, 7) is 3.28. The van der Waals surface area contributed by atoms with Crippen molar-refractivity contribution < 1.29 is 14.6 Å². The van der Waals surface area contributed by atoms with E-state index in [4.69, 9.17) is 28.0 Å². The molecule has 1 atom stereocenters. The Morgan fingerprint density at radius 2 is 1.96 bits per heavy atom. The van der Waals surface area contributed by atoms with E-state index >= 15 is 0 Å². The fraction of sp³-hybridized carbons (Fsp3) is 0.263. The molecule has 0 radical (unpaired) electrons. The molecule has 0 saturated carbocycles. The molecule has 1 heterocycles. The third-order valence-corrected chi connectivity index (χ3v) is 4.91. The van der Waals surface area contributed by atoms with Gasteiger partial charge in [0.2, 0.25) is 5.91 Å². The zero-order valence-corrected chi connectivity index (χ0v) is 16.7. The van der Waals surface area contributed by atoms with E-state index in [1.54, 1.807) is 30.3 Å². The van der Waals surface area contributed by atoms with Crippen molar-refractivity contribution in [2.24, 2.45) is 5.16 Å². The van der Waals surface area contributed by atoms with E-state index in [-0.39, 0.29) is 18.1 Å². The van der Waals surface area contributed by atoms with Crippen LogP contribution in [0.25, 0.3) is 0 Å². The van der Waals surface area contributed by atoms with Gasteiger partial charge in [-0.2, -0.15) is 0 Å². The molecular weight excluding hydrogens is 405 g/mol. The van der Waals surface area contributed by atoms with Gasteiger partial charge in [-0.05, 0) is 31.2 Å². The van der Waals surface area contributed by atoms with Crippen LogP contribution in [0.4, 0.5) is 5.69 Å². The maximum atomic E-state index is 11.4. The van der Waals surface area contributed by atoms with Gasteiger partial charge < -0.3 is 10.2 Å². The van der Waals surface area contributed by atoms with Gasteiger partial charge in [-0.25, -0.2) is 0 Å². The summed E-state index contributed by atoms with van der Waals surface area (Å²) in [5, 5.41) is 19.1. The first-order chi connectivity index (χ1) is 13.2. The number of rotatable bonds is 5. The number of amides is 1. The Kier molecular flexibility index (Phi) is 5.58. The van der Waals surface area contributed by atoms with E-state index in [0.29, 0.717) is 33.3 Å². The van der Waals surface area contributed by atoms with Gasteiger partial charge in [0, 0.05) is 52.7 Å². The van der Waals surface area contributed by atoms with E-state index in [2.05, 4.69) is 10.5 Å². The number of hydrogen-bond acceptors (Lipinski definition) is 5. The lowest BCUT2D eigenvalue weighted by molar-refractivity contribution is -0.385. The predicted molar refractivity (Wildman–Crippen MR) is 107 cm³/mol. The molecule has 146 valence electrons. The minimum Gasteiger partial charge on any atom is -0.384 e. The fourth-order valence-electron chi connectivity index (χ4n) is 2.99. The number of nitro benzene ring substituents is 1. The molecule has 28 heavy (non-hydrogen) atoms. The van der Waals surface area contributed by atoms with E-state index in [9.17, 15) is 14.9 Å². The zero-order chi connectivity index (χ0) is 20.5. The molecule has 1 N–H and O–H groups in total. The molecule has 7 nitrogen and oxygen atoms in total. The van der Waals surface area contributed by atoms with Crippen molar-refractivity contribution in [2.75, 3.05) is 0 Å². The highest BCUT2D eigenvalue weighted by molar-refractivity contribution is 6.34. The molecule has 0 aromatic heterocycles. The van der Waals surface area contributed by atoms with E-state index in [0.717, 1.165) is 5.56 Å². The first-order valence-corrected chi connectivity index (χ1v) is 9.17. The topological polar surface area (TPSA) is 93.8 Å². The largest absolute Gasteiger partial charge is 0.384 e. The van der Waals surface area contributed by atoms with E-state index < -0.39 is 10.5 Å². The summed E-state index contributed by atoms with van der Waals surface area (Å²) >= 11 is 12.2. The van der Waals surface area contributed by atoms with Gasteiger partial charge in [0.1, 0.15) is 0 Å². The van der Waals surface area contributed by atoms with Gasteiger partial charge in [0.15, 0.2) is 5.60 Å². The molecule has 2 aromatic rings. The molecule has 2 aromatic carbocycles. The average molecular weight is 422 g/mol. The molecule has 1 amide bonds. The Morgan fingerprint density at radius 1 is 1.29 bits per heavy atom. The van der Waals surface area contributed by atoms with Crippen LogP contribution in [0.15, 0.2) is 41.6 Å². The van der Waals surface area contributed by atoms with Crippen LogP contribution < -0.4 is 5.32 Å². The Hall–Kier alpha value is -2.64. The maximum Gasteiger partial charge on any atom is 0.275 e. The number of benzene rings is 2. The van der Waals surface area contributed by atoms with Crippen LogP contribution in [0.3, 0.4) is 0 Å². The molecular formula is C19H17Cl2N3O4. The van der Waals surface area contributed by atoms with Crippen molar-refractivity contribution in [2.45, 2.75) is 32.4 Å². The molecule has 1 aliphatic heterocycles. The summed E-state index contributed by atoms with van der Waals surface area (Å²) in [4.78, 5) is 27.7. The minimum absolute atomic E-state index is 0.0770. The number of nitrogens with one attached hydrogen (secondary N) is 1. The SMILES string of the molecule is CC(=O)NCc1ccc(C2=NOC(C)(c3cc(Cl)cc(Cl)c3)C2)cc1[N+](=O)[O-]. The molecule has 0 aliphatic carbocycles. The van der Waals surface area contributed by atoms with Gasteiger partial charge >= 0.3 is 0 Å². The van der Waals surface area contributed by atoms with Crippen LogP contribution in [0, 0.1) is 10.1 Å². The summed E-state index contributed by atoms with van der Waals surface area (Å²) in [5.74, 6) is -0.261. The summed E-state index contributed by atoms with van der Waals surface area (Å²) < 4.78 is 0. The van der Waals surface area contributed by atoms with Crippen molar-refractivity contribution in [1.29, 1.82) is 0 Å². The van der Waals surface area contributed by atoms with Gasteiger partial charge in [-0.1, -0.05) is 34.4 Å². The predicted octanol–water partition coefficient (Wildman–Crippen LogP) is 4.58. The maximum absolute atomic E-state index is 11.4. The smallest absolute Gasteiger partial charge is 0.275 e. The van der Waals surface area contributed by atoms with Crippen LogP contribution in [0.1, 0.15) is 37.0 Å². The van der Waals surface area contributed by atoms with Gasteiger partial charge in [0.25, 0.3) is 5.69 Å². The number of halogens is 2. The van der Waals surface area contributed by atoms with E-state index in [1.165, 1.54) is 13.0 Å². The lowest BCUT2D eigenvalue weighted by atomic mass is 9.89. The highest BCUT2D eigenvalue weighted by atomic mass is 35.5. The first-order valence-electron chi connectivity index (χ1n) is 8.42. The Morgan fingerprint density at radius 3 is 2.57 bits per heavy atom. The minimum atomic E-state index is -0.784. The lowest BCUT2D eigenvalue weighted by Crippen LogP contribution is -2.22. The number of nitrogens with zero attached hydrogens (tertiary/aromatic N) is 2. The summed E-state index contributed by atoms with van der Waals surface area (Å²) in [5.41, 5.74) is 1.46. The third kappa shape index (κ3) is 4.26. The fourth-order valence-corrected chi connectivity index (χ4v) is 3.52. The van der Waals surface area contributed by atoms with Crippen molar-refractivity contribution in [3.05, 3.63) is 73.2 Å². The van der Waals surface area contributed by atoms with Crippen molar-refractivity contribution in [3.63, 3.8) is 0 Å². The summed E-state index contributed by atoms with van der Waals surface area (Å²) in [6.07, 6.45) is 0.395. The summed E-state index contributed by atoms with van der Waals surface area (Å²) in [6, 6.07) is 9.91. The molecule has 1 unspecified atom stereocenters. The van der Waals surface area contributed by atoms with Crippen LogP contribution in [0.2, 0.25) is 10.0 Å². The van der Waals surface area contributed by atoms with Crippen LogP contribution in [0.5, 0.6) is 0 Å². The molecule has 0 saturated heterocycles. The average Bonchev–Trinajstić information content (AvgIpc) is 3.02. The number of carbonyl (C=O) groups excluding carboxylic acids is 1. The molecule has 0 fully saturated rings. The monoisotopic (exact) mass is 421 g/mol.